The second-order valence-electron chi connectivity index (χ2n) is 4.55. The number of methoxy groups -OCH3 is 3. The molecule has 0 aliphatic carbocycles. The van der Waals surface area contributed by atoms with E-state index in [2.05, 4.69) is 10.3 Å². The number of rotatable bonds is 7. The molecule has 9 heteroatoms. The molecule has 0 radical (unpaired) electrons. The zero-order chi connectivity index (χ0) is 16.8. The van der Waals surface area contributed by atoms with E-state index in [0.29, 0.717) is 36.0 Å². The molecule has 1 aromatic carbocycles. The van der Waals surface area contributed by atoms with E-state index in [0.717, 1.165) is 10.6 Å². The minimum Gasteiger partial charge on any atom is -0.493 e. The maximum atomic E-state index is 12.1. The first-order valence-corrected chi connectivity index (χ1v) is 7.72. The molecule has 0 unspecified atom stereocenters. The summed E-state index contributed by atoms with van der Waals surface area (Å²) in [7, 11) is 4.63. The fraction of sp³-hybridized carbons (Fsp3) is 0.333. The average Bonchev–Trinajstić information content (AvgIpc) is 3.07. The summed E-state index contributed by atoms with van der Waals surface area (Å²) in [5.41, 5.74) is 6.68. The Morgan fingerprint density at radius 1 is 1.21 bits per heavy atom. The van der Waals surface area contributed by atoms with Crippen LogP contribution in [0.25, 0.3) is 0 Å². The number of nitrogens with two attached hydrogens (primary N) is 1. The summed E-state index contributed by atoms with van der Waals surface area (Å²) < 4.78 is 15.8. The number of nitrogens with zero attached hydrogens (tertiary/aromatic N) is 1. The molecule has 1 amide bonds. The number of carbonyl (C=O) groups excluding carboxylic acids is 1. The Kier molecular flexibility index (Phi) is 7.76. The Labute approximate surface area is 150 Å². The van der Waals surface area contributed by atoms with Gasteiger partial charge in [-0.2, -0.15) is 0 Å². The molecule has 2 rings (SSSR count). The fourth-order valence-corrected chi connectivity index (χ4v) is 2.67. The van der Waals surface area contributed by atoms with E-state index in [1.54, 1.807) is 38.8 Å². The Morgan fingerprint density at radius 2 is 1.83 bits per heavy atom. The first-order valence-electron chi connectivity index (χ1n) is 6.84. The van der Waals surface area contributed by atoms with Gasteiger partial charge in [-0.05, 0) is 17.7 Å². The second kappa shape index (κ2) is 9.31. The van der Waals surface area contributed by atoms with Crippen molar-refractivity contribution in [3.05, 3.63) is 33.8 Å². The van der Waals surface area contributed by atoms with Gasteiger partial charge < -0.3 is 25.3 Å². The molecule has 132 valence electrons. The smallest absolute Gasteiger partial charge is 0.271 e. The highest BCUT2D eigenvalue weighted by molar-refractivity contribution is 7.09. The van der Waals surface area contributed by atoms with Gasteiger partial charge in [0.2, 0.25) is 5.75 Å². The minimum atomic E-state index is -0.255. The first kappa shape index (κ1) is 20.0. The Balaban J connectivity index is 0.00000288. The molecule has 1 aromatic heterocycles. The Bertz CT molecular complexity index is 668. The van der Waals surface area contributed by atoms with Gasteiger partial charge in [-0.1, -0.05) is 0 Å². The molecule has 0 aliphatic rings. The summed E-state index contributed by atoms with van der Waals surface area (Å²) in [5.74, 6) is 1.33. The first-order chi connectivity index (χ1) is 11.1. The largest absolute Gasteiger partial charge is 0.493 e. The van der Waals surface area contributed by atoms with Crippen molar-refractivity contribution >= 4 is 29.7 Å². The number of aromatic nitrogens is 1. The normalized spacial score (nSPS) is 9.83. The molecule has 24 heavy (non-hydrogen) atoms. The Morgan fingerprint density at radius 3 is 2.29 bits per heavy atom. The van der Waals surface area contributed by atoms with Crippen LogP contribution in [0.4, 0.5) is 0 Å². The maximum absolute atomic E-state index is 12.1. The third-order valence-corrected chi connectivity index (χ3v) is 4.01. The van der Waals surface area contributed by atoms with Crippen LogP contribution in [0.15, 0.2) is 17.5 Å². The third-order valence-electron chi connectivity index (χ3n) is 3.14. The predicted molar refractivity (Wildman–Crippen MR) is 94.5 cm³/mol. The van der Waals surface area contributed by atoms with E-state index in [1.165, 1.54) is 11.3 Å². The fourth-order valence-electron chi connectivity index (χ4n) is 2.02. The highest BCUT2D eigenvalue weighted by atomic mass is 35.5. The van der Waals surface area contributed by atoms with Crippen molar-refractivity contribution in [1.82, 2.24) is 10.3 Å². The van der Waals surface area contributed by atoms with Crippen LogP contribution in [0.2, 0.25) is 0 Å². The van der Waals surface area contributed by atoms with Crippen LogP contribution in [-0.2, 0) is 13.1 Å². The van der Waals surface area contributed by atoms with Crippen molar-refractivity contribution in [2.75, 3.05) is 21.3 Å². The molecular weight excluding hydrogens is 354 g/mol. The summed E-state index contributed by atoms with van der Waals surface area (Å²) in [5, 5.41) is 5.22. The number of nitrogens with one attached hydrogen (secondary N) is 1. The molecule has 0 fully saturated rings. The van der Waals surface area contributed by atoms with Crippen molar-refractivity contribution in [3.63, 3.8) is 0 Å². The van der Waals surface area contributed by atoms with Crippen molar-refractivity contribution in [1.29, 1.82) is 0 Å². The van der Waals surface area contributed by atoms with Gasteiger partial charge >= 0.3 is 0 Å². The number of benzene rings is 1. The topological polar surface area (TPSA) is 95.7 Å². The summed E-state index contributed by atoms with van der Waals surface area (Å²) >= 11 is 1.36. The second-order valence-corrected chi connectivity index (χ2v) is 5.49. The molecule has 1 heterocycles. The van der Waals surface area contributed by atoms with Crippen molar-refractivity contribution in [3.8, 4) is 17.2 Å². The van der Waals surface area contributed by atoms with Crippen LogP contribution >= 0.6 is 23.7 Å². The lowest BCUT2D eigenvalue weighted by Crippen LogP contribution is -2.23. The van der Waals surface area contributed by atoms with Crippen molar-refractivity contribution in [2.45, 2.75) is 13.1 Å². The van der Waals surface area contributed by atoms with Crippen LogP contribution in [0, 0.1) is 0 Å². The van der Waals surface area contributed by atoms with Crippen LogP contribution in [0.1, 0.15) is 21.1 Å². The van der Waals surface area contributed by atoms with Gasteiger partial charge in [0.25, 0.3) is 5.91 Å². The number of thiazole rings is 1. The lowest BCUT2D eigenvalue weighted by Gasteiger charge is -2.14. The highest BCUT2D eigenvalue weighted by Gasteiger charge is 2.14. The quantitative estimate of drug-likeness (QED) is 0.770. The van der Waals surface area contributed by atoms with E-state index >= 15 is 0 Å². The standard InChI is InChI=1S/C15H19N3O4S.ClH/c1-20-11-4-9(5-12(21-2)14(11)22-3)7-17-15(19)10-8-23-13(6-16)18-10;/h4-5,8H,6-7,16H2,1-3H3,(H,17,19);1H. The monoisotopic (exact) mass is 373 g/mol. The molecular formula is C15H20ClN3O4S. The number of hydrogen-bond acceptors (Lipinski definition) is 7. The lowest BCUT2D eigenvalue weighted by molar-refractivity contribution is 0.0946. The van der Waals surface area contributed by atoms with Gasteiger partial charge in [0, 0.05) is 18.5 Å². The number of ether oxygens (including phenoxy) is 3. The van der Waals surface area contributed by atoms with Crippen LogP contribution in [0.5, 0.6) is 17.2 Å². The zero-order valence-electron chi connectivity index (χ0n) is 13.6. The summed E-state index contributed by atoms with van der Waals surface area (Å²) in [6, 6.07) is 3.57. The maximum Gasteiger partial charge on any atom is 0.271 e. The number of hydrogen-bond donors (Lipinski definition) is 2. The highest BCUT2D eigenvalue weighted by Crippen LogP contribution is 2.38. The van der Waals surface area contributed by atoms with Crippen LogP contribution < -0.4 is 25.3 Å². The SMILES string of the molecule is COc1cc(CNC(=O)c2csc(CN)n2)cc(OC)c1OC.Cl. The molecule has 0 bridgehead atoms. The number of carbonyl (C=O) groups is 1. The third kappa shape index (κ3) is 4.50. The molecule has 7 nitrogen and oxygen atoms in total. The van der Waals surface area contributed by atoms with Gasteiger partial charge in [0.1, 0.15) is 10.7 Å². The van der Waals surface area contributed by atoms with Crippen LogP contribution in [-0.4, -0.2) is 32.2 Å². The van der Waals surface area contributed by atoms with Gasteiger partial charge in [0.05, 0.1) is 21.3 Å². The van der Waals surface area contributed by atoms with Gasteiger partial charge in [-0.3, -0.25) is 4.79 Å². The minimum absolute atomic E-state index is 0. The van der Waals surface area contributed by atoms with Gasteiger partial charge in [-0.25, -0.2) is 4.98 Å². The Hall–Kier alpha value is -2.03. The lowest BCUT2D eigenvalue weighted by atomic mass is 10.1. The zero-order valence-corrected chi connectivity index (χ0v) is 15.3. The van der Waals surface area contributed by atoms with Gasteiger partial charge in [0.15, 0.2) is 11.5 Å². The van der Waals surface area contributed by atoms with Crippen molar-refractivity contribution in [2.24, 2.45) is 5.73 Å². The van der Waals surface area contributed by atoms with Crippen molar-refractivity contribution < 1.29 is 19.0 Å². The molecule has 0 saturated carbocycles. The molecule has 2 aromatic rings. The van der Waals surface area contributed by atoms with E-state index < -0.39 is 0 Å². The summed E-state index contributed by atoms with van der Waals surface area (Å²) in [6.07, 6.45) is 0. The molecule has 3 N–H and O–H groups in total. The van der Waals surface area contributed by atoms with E-state index in [-0.39, 0.29) is 18.3 Å². The summed E-state index contributed by atoms with van der Waals surface area (Å²) in [6.45, 7) is 0.635. The van der Waals surface area contributed by atoms with E-state index in [9.17, 15) is 4.79 Å². The predicted octanol–water partition coefficient (Wildman–Crippen LogP) is 1.98. The molecule has 0 atom stereocenters. The van der Waals surface area contributed by atoms with Gasteiger partial charge in [-0.15, -0.1) is 23.7 Å². The average molecular weight is 374 g/mol. The number of halogens is 1. The summed E-state index contributed by atoms with van der Waals surface area (Å²) in [4.78, 5) is 16.2. The number of amides is 1. The van der Waals surface area contributed by atoms with E-state index in [1.807, 2.05) is 0 Å². The van der Waals surface area contributed by atoms with E-state index in [4.69, 9.17) is 19.9 Å². The molecule has 0 spiro atoms. The molecule has 0 saturated heterocycles. The molecule has 0 aliphatic heterocycles. The van der Waals surface area contributed by atoms with Crippen LogP contribution in [0.3, 0.4) is 0 Å².